The Morgan fingerprint density at radius 2 is 1.66 bits per heavy atom. The monoisotopic (exact) mass is 461 g/mol. The van der Waals surface area contributed by atoms with Crippen molar-refractivity contribution in [1.82, 2.24) is 0 Å². The van der Waals surface area contributed by atoms with E-state index in [1.165, 1.54) is 7.05 Å². The number of rotatable bonds is 7. The molecule has 0 unspecified atom stereocenters. The van der Waals surface area contributed by atoms with Crippen molar-refractivity contribution in [1.29, 1.82) is 0 Å². The lowest BCUT2D eigenvalue weighted by Crippen LogP contribution is -2.43. The average molecular weight is 462 g/mol. The van der Waals surface area contributed by atoms with Crippen molar-refractivity contribution in [3.05, 3.63) is 59.2 Å². The van der Waals surface area contributed by atoms with Crippen LogP contribution in [0, 0.1) is 12.3 Å². The quantitative estimate of drug-likeness (QED) is 0.543. The number of aliphatic hydroxyl groups excluding tert-OH is 1. The zero-order chi connectivity index (χ0) is 23.9. The Morgan fingerprint density at radius 1 is 1.03 bits per heavy atom. The van der Waals surface area contributed by atoms with E-state index in [9.17, 15) is 18.6 Å². The van der Waals surface area contributed by atoms with Gasteiger partial charge in [0.05, 0.1) is 16.8 Å². The third kappa shape index (κ3) is 5.53. The lowest BCUT2D eigenvalue weighted by Gasteiger charge is -2.40. The summed E-state index contributed by atoms with van der Waals surface area (Å²) in [6, 6.07) is 12.3. The van der Waals surface area contributed by atoms with Gasteiger partial charge in [0.25, 0.3) is 0 Å². The molecular weight excluding hydrogens is 422 g/mol. The SMILES string of the molecule is CCCCC1(CCCC)CS(=O)(=O)c2ccc(C)cc2[C@@H](c2cccc(O)c2)[C@H]1O.CN. The zero-order valence-corrected chi connectivity index (χ0v) is 20.7. The van der Waals surface area contributed by atoms with E-state index in [1.807, 2.05) is 25.1 Å². The average Bonchev–Trinajstić information content (AvgIpc) is 2.83. The fourth-order valence-electron chi connectivity index (χ4n) is 4.96. The van der Waals surface area contributed by atoms with Gasteiger partial charge in [-0.15, -0.1) is 0 Å². The fraction of sp³-hybridized carbons (Fsp3) is 0.538. The molecule has 0 saturated carbocycles. The molecule has 1 aliphatic rings. The molecule has 6 heteroatoms. The highest BCUT2D eigenvalue weighted by Crippen LogP contribution is 2.49. The van der Waals surface area contributed by atoms with E-state index < -0.39 is 27.3 Å². The van der Waals surface area contributed by atoms with Gasteiger partial charge < -0.3 is 15.9 Å². The van der Waals surface area contributed by atoms with Gasteiger partial charge in [-0.1, -0.05) is 69.4 Å². The summed E-state index contributed by atoms with van der Waals surface area (Å²) in [4.78, 5) is 0.315. The van der Waals surface area contributed by atoms with E-state index in [4.69, 9.17) is 0 Å². The van der Waals surface area contributed by atoms with Crippen molar-refractivity contribution < 1.29 is 18.6 Å². The van der Waals surface area contributed by atoms with Crippen LogP contribution in [0.15, 0.2) is 47.4 Å². The van der Waals surface area contributed by atoms with Crippen molar-refractivity contribution in [3.8, 4) is 5.75 Å². The lowest BCUT2D eigenvalue weighted by molar-refractivity contribution is 0.0126. The van der Waals surface area contributed by atoms with Crippen molar-refractivity contribution >= 4 is 9.84 Å². The molecule has 2 aromatic rings. The first-order valence-corrected chi connectivity index (χ1v) is 13.3. The van der Waals surface area contributed by atoms with Gasteiger partial charge in [0.1, 0.15) is 5.75 Å². The molecule has 0 aliphatic carbocycles. The second-order valence-electron chi connectivity index (χ2n) is 8.89. The third-order valence-electron chi connectivity index (χ3n) is 6.54. The molecule has 1 aliphatic heterocycles. The molecule has 0 bridgehead atoms. The number of benzene rings is 2. The highest BCUT2D eigenvalue weighted by molar-refractivity contribution is 7.91. The fourth-order valence-corrected chi connectivity index (χ4v) is 7.15. The molecule has 0 spiro atoms. The molecule has 178 valence electrons. The molecule has 0 amide bonds. The molecule has 0 radical (unpaired) electrons. The minimum absolute atomic E-state index is 0.0352. The van der Waals surface area contributed by atoms with Gasteiger partial charge in [0.2, 0.25) is 0 Å². The lowest BCUT2D eigenvalue weighted by atomic mass is 9.68. The van der Waals surface area contributed by atoms with E-state index in [0.29, 0.717) is 23.3 Å². The van der Waals surface area contributed by atoms with Crippen LogP contribution in [-0.2, 0) is 9.84 Å². The Kier molecular flexibility index (Phi) is 9.31. The normalized spacial score (nSPS) is 21.1. The first-order valence-electron chi connectivity index (χ1n) is 11.6. The standard InChI is InChI=1S/C25H34O4S.CH5N/c1-4-6-13-25(14-7-5-2)17-30(28,29)22-12-11-18(3)15-21(22)23(24(25)27)19-9-8-10-20(26)16-19;1-2/h8-12,15-16,23-24,26-27H,4-7,13-14,17H2,1-3H3;2H2,1H3/t23-,24-;/m1./s1. The molecule has 0 saturated heterocycles. The number of unbranched alkanes of at least 4 members (excludes halogenated alkanes) is 2. The number of fused-ring (bicyclic) bond motifs is 1. The van der Waals surface area contributed by atoms with E-state index in [1.54, 1.807) is 24.3 Å². The molecule has 0 fully saturated rings. The van der Waals surface area contributed by atoms with Crippen LogP contribution in [0.2, 0.25) is 0 Å². The largest absolute Gasteiger partial charge is 0.508 e. The number of hydrogen-bond acceptors (Lipinski definition) is 5. The smallest absolute Gasteiger partial charge is 0.179 e. The molecule has 2 aromatic carbocycles. The van der Waals surface area contributed by atoms with E-state index in [-0.39, 0.29) is 11.5 Å². The number of phenols is 1. The van der Waals surface area contributed by atoms with E-state index >= 15 is 0 Å². The number of phenolic OH excluding ortho intramolecular Hbond substituents is 1. The topological polar surface area (TPSA) is 101 Å². The minimum Gasteiger partial charge on any atom is -0.508 e. The van der Waals surface area contributed by atoms with Crippen LogP contribution >= 0.6 is 0 Å². The van der Waals surface area contributed by atoms with Crippen LogP contribution in [0.5, 0.6) is 5.75 Å². The third-order valence-corrected chi connectivity index (χ3v) is 8.54. The molecule has 3 rings (SSSR count). The first-order chi connectivity index (χ1) is 15.2. The minimum atomic E-state index is -3.57. The highest BCUT2D eigenvalue weighted by atomic mass is 32.2. The van der Waals surface area contributed by atoms with E-state index in [0.717, 1.165) is 36.8 Å². The van der Waals surface area contributed by atoms with Gasteiger partial charge in [-0.05, 0) is 56.1 Å². The summed E-state index contributed by atoms with van der Waals surface area (Å²) in [7, 11) is -2.07. The second-order valence-corrected chi connectivity index (χ2v) is 10.8. The maximum Gasteiger partial charge on any atom is 0.179 e. The van der Waals surface area contributed by atoms with Crippen molar-refractivity contribution in [3.63, 3.8) is 0 Å². The van der Waals surface area contributed by atoms with Gasteiger partial charge in [0.15, 0.2) is 9.84 Å². The molecule has 2 atom stereocenters. The van der Waals surface area contributed by atoms with Crippen LogP contribution in [0.3, 0.4) is 0 Å². The molecule has 5 nitrogen and oxygen atoms in total. The first kappa shape index (κ1) is 26.4. The summed E-state index contributed by atoms with van der Waals surface area (Å²) in [6.07, 6.45) is 4.14. The van der Waals surface area contributed by atoms with Gasteiger partial charge in [0, 0.05) is 11.3 Å². The van der Waals surface area contributed by atoms with Crippen molar-refractivity contribution in [2.24, 2.45) is 11.1 Å². The maximum absolute atomic E-state index is 13.6. The zero-order valence-electron chi connectivity index (χ0n) is 19.8. The number of sulfone groups is 1. The summed E-state index contributed by atoms with van der Waals surface area (Å²) in [5.41, 5.74) is 6.14. The number of aryl methyl sites for hydroxylation is 1. The Balaban J connectivity index is 0.00000176. The van der Waals surface area contributed by atoms with Gasteiger partial charge >= 0.3 is 0 Å². The second kappa shape index (κ2) is 11.3. The summed E-state index contributed by atoms with van der Waals surface area (Å²) in [5.74, 6) is -0.418. The van der Waals surface area contributed by atoms with Gasteiger partial charge in [-0.2, -0.15) is 0 Å². The van der Waals surface area contributed by atoms with Gasteiger partial charge in [-0.25, -0.2) is 8.42 Å². The number of aliphatic hydroxyl groups is 1. The summed E-state index contributed by atoms with van der Waals surface area (Å²) < 4.78 is 27.2. The highest BCUT2D eigenvalue weighted by Gasteiger charge is 2.49. The predicted molar refractivity (Wildman–Crippen MR) is 131 cm³/mol. The Labute approximate surface area is 193 Å². The molecule has 32 heavy (non-hydrogen) atoms. The van der Waals surface area contributed by atoms with Gasteiger partial charge in [-0.3, -0.25) is 0 Å². The van der Waals surface area contributed by atoms with Crippen LogP contribution in [-0.4, -0.2) is 37.5 Å². The Morgan fingerprint density at radius 3 is 2.22 bits per heavy atom. The van der Waals surface area contributed by atoms with Crippen LogP contribution in [0.4, 0.5) is 0 Å². The maximum atomic E-state index is 13.6. The van der Waals surface area contributed by atoms with Crippen molar-refractivity contribution in [2.45, 2.75) is 76.2 Å². The van der Waals surface area contributed by atoms with Crippen LogP contribution < -0.4 is 5.73 Å². The Bertz CT molecular complexity index is 979. The van der Waals surface area contributed by atoms with Crippen molar-refractivity contribution in [2.75, 3.05) is 12.8 Å². The Hall–Kier alpha value is -1.89. The summed E-state index contributed by atoms with van der Waals surface area (Å²) >= 11 is 0. The molecule has 0 aromatic heterocycles. The molecular formula is C26H39NO4S. The van der Waals surface area contributed by atoms with Crippen LogP contribution in [0.1, 0.15) is 75.0 Å². The summed E-state index contributed by atoms with van der Waals surface area (Å²) in [5, 5.41) is 22.0. The summed E-state index contributed by atoms with van der Waals surface area (Å²) in [6.45, 7) is 6.12. The number of hydrogen-bond donors (Lipinski definition) is 3. The molecule has 4 N–H and O–H groups in total. The number of nitrogens with two attached hydrogens (primary N) is 1. The van der Waals surface area contributed by atoms with Crippen LogP contribution in [0.25, 0.3) is 0 Å². The van der Waals surface area contributed by atoms with E-state index in [2.05, 4.69) is 19.6 Å². The predicted octanol–water partition coefficient (Wildman–Crippen LogP) is 4.92. The number of aromatic hydroxyl groups is 1. The molecule has 1 heterocycles.